The van der Waals surface area contributed by atoms with E-state index in [1.54, 1.807) is 24.5 Å². The van der Waals surface area contributed by atoms with E-state index in [9.17, 15) is 9.90 Å². The van der Waals surface area contributed by atoms with Crippen molar-refractivity contribution in [1.29, 1.82) is 0 Å². The third kappa shape index (κ3) is 5.00. The number of carbonyl (C=O) groups is 1. The lowest BCUT2D eigenvalue weighted by Crippen LogP contribution is -2.28. The zero-order chi connectivity index (χ0) is 21.6. The number of benzene rings is 1. The molecule has 0 atom stereocenters. The molecule has 4 N–H and O–H groups in total. The molecule has 7 heteroatoms. The number of anilines is 1. The van der Waals surface area contributed by atoms with Crippen LogP contribution in [0.3, 0.4) is 0 Å². The summed E-state index contributed by atoms with van der Waals surface area (Å²) in [7, 11) is 0. The summed E-state index contributed by atoms with van der Waals surface area (Å²) < 4.78 is 5.38. The maximum Gasteiger partial charge on any atom is 0.252 e. The van der Waals surface area contributed by atoms with Gasteiger partial charge in [0, 0.05) is 48.3 Å². The van der Waals surface area contributed by atoms with E-state index in [0.717, 1.165) is 24.0 Å². The van der Waals surface area contributed by atoms with E-state index in [0.29, 0.717) is 24.6 Å². The Hall–Kier alpha value is -3.89. The van der Waals surface area contributed by atoms with Gasteiger partial charge in [0.2, 0.25) is 0 Å². The average Bonchev–Trinajstić information content (AvgIpc) is 2.80. The number of hydrogen-bond donors (Lipinski definition) is 3. The maximum atomic E-state index is 11.9. The van der Waals surface area contributed by atoms with Crippen molar-refractivity contribution in [3.05, 3.63) is 71.5 Å². The zero-order valence-electron chi connectivity index (χ0n) is 16.8. The van der Waals surface area contributed by atoms with Crippen molar-refractivity contribution < 1.29 is 14.6 Å². The molecule has 4 rings (SSSR count). The highest BCUT2D eigenvalue weighted by Gasteiger charge is 2.20. The predicted molar refractivity (Wildman–Crippen MR) is 118 cm³/mol. The van der Waals surface area contributed by atoms with E-state index in [1.165, 1.54) is 6.07 Å². The van der Waals surface area contributed by atoms with Gasteiger partial charge in [0.25, 0.3) is 5.91 Å². The van der Waals surface area contributed by atoms with Crippen LogP contribution < -0.4 is 11.1 Å². The largest absolute Gasteiger partial charge is 0.505 e. The van der Waals surface area contributed by atoms with Crippen molar-refractivity contribution in [2.75, 3.05) is 18.5 Å². The Morgan fingerprint density at radius 3 is 2.55 bits per heavy atom. The minimum Gasteiger partial charge on any atom is -0.505 e. The molecule has 1 amide bonds. The summed E-state index contributed by atoms with van der Waals surface area (Å²) >= 11 is 0. The molecule has 0 spiro atoms. The predicted octanol–water partition coefficient (Wildman–Crippen LogP) is 2.94. The van der Waals surface area contributed by atoms with Gasteiger partial charge in [0.05, 0.1) is 5.56 Å². The highest BCUT2D eigenvalue weighted by molar-refractivity contribution is 5.98. The van der Waals surface area contributed by atoms with Gasteiger partial charge < -0.3 is 20.9 Å². The first-order valence-corrected chi connectivity index (χ1v) is 10.0. The van der Waals surface area contributed by atoms with Crippen LogP contribution in [0, 0.1) is 11.8 Å². The van der Waals surface area contributed by atoms with Gasteiger partial charge in [-0.1, -0.05) is 24.0 Å². The lowest BCUT2D eigenvalue weighted by atomic mass is 10.0. The zero-order valence-corrected chi connectivity index (χ0v) is 16.8. The molecule has 31 heavy (non-hydrogen) atoms. The van der Waals surface area contributed by atoms with Crippen LogP contribution in [0.1, 0.15) is 34.3 Å². The van der Waals surface area contributed by atoms with E-state index in [1.807, 2.05) is 24.3 Å². The number of nitrogens with zero attached hydrogens (tertiary/aromatic N) is 2. The first kappa shape index (κ1) is 20.4. The first-order valence-electron chi connectivity index (χ1n) is 10.0. The van der Waals surface area contributed by atoms with Crippen molar-refractivity contribution >= 4 is 11.7 Å². The molecule has 0 radical (unpaired) electrons. The molecule has 156 valence electrons. The molecule has 1 aliphatic heterocycles. The number of nitrogens with two attached hydrogens (primary N) is 1. The lowest BCUT2D eigenvalue weighted by Gasteiger charge is -2.24. The third-order valence-corrected chi connectivity index (χ3v) is 5.00. The molecular weight excluding hydrogens is 392 g/mol. The van der Waals surface area contributed by atoms with Crippen molar-refractivity contribution in [3.8, 4) is 28.8 Å². The average molecular weight is 414 g/mol. The number of amides is 1. The molecule has 1 aliphatic rings. The van der Waals surface area contributed by atoms with Gasteiger partial charge in [0.15, 0.2) is 5.75 Å². The lowest BCUT2D eigenvalue weighted by molar-refractivity contribution is 0.0903. The van der Waals surface area contributed by atoms with Crippen molar-refractivity contribution in [2.45, 2.75) is 18.9 Å². The molecule has 1 saturated heterocycles. The second-order valence-corrected chi connectivity index (χ2v) is 7.22. The number of hydrogen-bond acceptors (Lipinski definition) is 6. The summed E-state index contributed by atoms with van der Waals surface area (Å²) in [6, 6.07) is 12.7. The molecule has 1 fully saturated rings. The Bertz CT molecular complexity index is 1130. The number of aromatic hydroxyl groups is 1. The normalized spacial score (nSPS) is 13.8. The summed E-state index contributed by atoms with van der Waals surface area (Å²) in [5.74, 6) is 5.67. The Morgan fingerprint density at radius 2 is 1.87 bits per heavy atom. The molecule has 0 bridgehead atoms. The van der Waals surface area contributed by atoms with Crippen LogP contribution in [0.2, 0.25) is 0 Å². The van der Waals surface area contributed by atoms with Crippen molar-refractivity contribution in [1.82, 2.24) is 9.97 Å². The molecule has 3 heterocycles. The Morgan fingerprint density at radius 1 is 1.13 bits per heavy atom. The Kier molecular flexibility index (Phi) is 6.11. The number of aromatic nitrogens is 2. The third-order valence-electron chi connectivity index (χ3n) is 5.00. The van der Waals surface area contributed by atoms with E-state index in [2.05, 4.69) is 27.1 Å². The van der Waals surface area contributed by atoms with Crippen LogP contribution in [0.15, 0.2) is 54.9 Å². The number of rotatable bonds is 4. The molecular formula is C24H22N4O3. The maximum absolute atomic E-state index is 11.9. The van der Waals surface area contributed by atoms with Gasteiger partial charge in [-0.3, -0.25) is 9.78 Å². The Labute approximate surface area is 180 Å². The molecule has 0 aliphatic carbocycles. The molecule has 1 aromatic carbocycles. The van der Waals surface area contributed by atoms with Gasteiger partial charge in [-0.05, 0) is 43.2 Å². The van der Waals surface area contributed by atoms with Gasteiger partial charge >= 0.3 is 0 Å². The summed E-state index contributed by atoms with van der Waals surface area (Å²) in [5.41, 5.74) is 8.08. The van der Waals surface area contributed by atoms with Crippen LogP contribution in [-0.4, -0.2) is 40.2 Å². The summed E-state index contributed by atoms with van der Waals surface area (Å²) in [6.07, 6.45) is 5.08. The number of primary amides is 1. The second-order valence-electron chi connectivity index (χ2n) is 7.22. The van der Waals surface area contributed by atoms with Crippen LogP contribution >= 0.6 is 0 Å². The quantitative estimate of drug-likeness (QED) is 0.566. The van der Waals surface area contributed by atoms with Crippen LogP contribution in [0.4, 0.5) is 5.82 Å². The molecule has 0 saturated carbocycles. The van der Waals surface area contributed by atoms with Gasteiger partial charge in [-0.25, -0.2) is 4.98 Å². The van der Waals surface area contributed by atoms with Crippen molar-refractivity contribution in [3.63, 3.8) is 0 Å². The number of nitrogens with one attached hydrogen (secondary N) is 1. The SMILES string of the molecule is NC(=O)c1cc(NC2CCOCC2)nc(-c2ccc(C#Cc3cccnc3)cc2)c1O. The van der Waals surface area contributed by atoms with Crippen LogP contribution in [-0.2, 0) is 4.74 Å². The first-order chi connectivity index (χ1) is 15.1. The second kappa shape index (κ2) is 9.28. The van der Waals surface area contributed by atoms with E-state index < -0.39 is 5.91 Å². The van der Waals surface area contributed by atoms with Crippen molar-refractivity contribution in [2.24, 2.45) is 5.73 Å². The van der Waals surface area contributed by atoms with Crippen LogP contribution in [0.25, 0.3) is 11.3 Å². The molecule has 2 aromatic heterocycles. The molecule has 3 aromatic rings. The monoisotopic (exact) mass is 414 g/mol. The molecule has 0 unspecified atom stereocenters. The smallest absolute Gasteiger partial charge is 0.252 e. The Balaban J connectivity index is 1.63. The summed E-state index contributed by atoms with van der Waals surface area (Å²) in [6.45, 7) is 1.35. The van der Waals surface area contributed by atoms with Gasteiger partial charge in [-0.2, -0.15) is 0 Å². The fourth-order valence-electron chi connectivity index (χ4n) is 3.34. The number of pyridine rings is 2. The van der Waals surface area contributed by atoms with Gasteiger partial charge in [0.1, 0.15) is 11.5 Å². The highest BCUT2D eigenvalue weighted by Crippen LogP contribution is 2.33. The number of carbonyl (C=O) groups excluding carboxylic acids is 1. The number of ether oxygens (including phenoxy) is 1. The molecule has 7 nitrogen and oxygen atoms in total. The van der Waals surface area contributed by atoms with Crippen LogP contribution in [0.5, 0.6) is 5.75 Å². The minimum absolute atomic E-state index is 0.0278. The standard InChI is InChI=1S/C24H22N4O3/c25-24(30)20-14-21(27-19-9-12-31-13-10-19)28-22(23(20)29)18-7-5-16(6-8-18)3-4-17-2-1-11-26-15-17/h1-2,5-8,11,14-15,19,29H,9-10,12-13H2,(H2,25,30)(H,27,28). The summed E-state index contributed by atoms with van der Waals surface area (Å²) in [5, 5.41) is 13.9. The van der Waals surface area contributed by atoms with Gasteiger partial charge in [-0.15, -0.1) is 0 Å². The summed E-state index contributed by atoms with van der Waals surface area (Å²) in [4.78, 5) is 20.5. The highest BCUT2D eigenvalue weighted by atomic mass is 16.5. The van der Waals surface area contributed by atoms with E-state index >= 15 is 0 Å². The fraction of sp³-hybridized carbons (Fsp3) is 0.208. The topological polar surface area (TPSA) is 110 Å². The minimum atomic E-state index is -0.713. The van der Waals surface area contributed by atoms with E-state index in [-0.39, 0.29) is 23.0 Å². The van der Waals surface area contributed by atoms with E-state index in [4.69, 9.17) is 10.5 Å². The fourth-order valence-corrected chi connectivity index (χ4v) is 3.34.